The molecular formula is C27H48O4Si. The van der Waals surface area contributed by atoms with Crippen molar-refractivity contribution >= 4 is 14.3 Å². The van der Waals surface area contributed by atoms with E-state index in [2.05, 4.69) is 54.3 Å². The third-order valence-corrected chi connectivity index (χ3v) is 14.8. The maximum Gasteiger partial charge on any atom is 0.302 e. The molecule has 0 amide bonds. The summed E-state index contributed by atoms with van der Waals surface area (Å²) in [4.78, 5) is 12.2. The fourth-order valence-corrected chi connectivity index (χ4v) is 7.77. The van der Waals surface area contributed by atoms with Gasteiger partial charge in [0.2, 0.25) is 0 Å². The van der Waals surface area contributed by atoms with E-state index in [4.69, 9.17) is 9.16 Å². The molecule has 4 nitrogen and oxygen atoms in total. The van der Waals surface area contributed by atoms with Crippen LogP contribution in [0.15, 0.2) is 12.2 Å². The highest BCUT2D eigenvalue weighted by molar-refractivity contribution is 6.74. The highest BCUT2D eigenvalue weighted by Gasteiger charge is 2.58. The van der Waals surface area contributed by atoms with Crippen LogP contribution in [0.1, 0.15) is 86.5 Å². The largest absolute Gasteiger partial charge is 0.462 e. The van der Waals surface area contributed by atoms with Crippen molar-refractivity contribution < 1.29 is 19.1 Å². The van der Waals surface area contributed by atoms with Gasteiger partial charge in [-0.2, -0.15) is 0 Å². The van der Waals surface area contributed by atoms with Gasteiger partial charge in [0.25, 0.3) is 0 Å². The summed E-state index contributed by atoms with van der Waals surface area (Å²) in [5, 5.41) is 10.8. The van der Waals surface area contributed by atoms with Gasteiger partial charge in [-0.15, -0.1) is 0 Å². The Kier molecular flexibility index (Phi) is 7.18. The maximum atomic E-state index is 12.2. The zero-order chi connectivity index (χ0) is 24.1. The predicted octanol–water partition coefficient (Wildman–Crippen LogP) is 6.49. The molecule has 0 unspecified atom stereocenters. The Hall–Kier alpha value is -0.653. The number of ether oxygens (including phenoxy) is 1. The summed E-state index contributed by atoms with van der Waals surface area (Å²) in [6.45, 7) is 22.8. The second kappa shape index (κ2) is 8.85. The average Bonchev–Trinajstić information content (AvgIpc) is 2.97. The first-order chi connectivity index (χ1) is 14.6. The molecule has 5 heteroatoms. The van der Waals surface area contributed by atoms with Crippen LogP contribution < -0.4 is 0 Å². The Balaban J connectivity index is 1.90. The van der Waals surface area contributed by atoms with Gasteiger partial charge in [0, 0.05) is 25.4 Å². The molecule has 32 heavy (non-hydrogen) atoms. The Bertz CT molecular complexity index is 726. The van der Waals surface area contributed by atoms with Crippen LogP contribution in [0.2, 0.25) is 18.1 Å². The van der Waals surface area contributed by atoms with E-state index in [0.29, 0.717) is 18.4 Å². The number of fused-ring (bicyclic) bond motifs is 1. The Morgan fingerprint density at radius 1 is 1.16 bits per heavy atom. The zero-order valence-electron chi connectivity index (χ0n) is 21.9. The number of aliphatic hydroxyl groups is 1. The van der Waals surface area contributed by atoms with Crippen LogP contribution in [0.3, 0.4) is 0 Å². The topological polar surface area (TPSA) is 55.8 Å². The lowest BCUT2D eigenvalue weighted by molar-refractivity contribution is -0.174. The summed E-state index contributed by atoms with van der Waals surface area (Å²) < 4.78 is 12.9. The van der Waals surface area contributed by atoms with Crippen LogP contribution in [0.5, 0.6) is 0 Å². The minimum Gasteiger partial charge on any atom is -0.462 e. The monoisotopic (exact) mass is 464 g/mol. The molecule has 7 atom stereocenters. The summed E-state index contributed by atoms with van der Waals surface area (Å²) in [7, 11) is -1.89. The number of allylic oxidation sites excluding steroid dienone is 1. The Morgan fingerprint density at radius 2 is 1.81 bits per heavy atom. The van der Waals surface area contributed by atoms with Crippen molar-refractivity contribution in [2.24, 2.45) is 28.6 Å². The SMILES string of the molecule is C=C1CC[C@H]2[C@H](OC(C)=O)[C@@H]([C@@]3(C)CC[C@H](O)C[C@@H]3CO[Si](C)(C)C(C)(C)C)CC[C@]12C. The molecule has 0 spiro atoms. The highest BCUT2D eigenvalue weighted by atomic mass is 28.4. The van der Waals surface area contributed by atoms with Gasteiger partial charge in [0.05, 0.1) is 6.10 Å². The molecule has 1 N–H and O–H groups in total. The molecule has 3 rings (SSSR count). The summed E-state index contributed by atoms with van der Waals surface area (Å²) in [6, 6.07) is 0. The molecule has 0 heterocycles. The number of hydrogen-bond donors (Lipinski definition) is 1. The minimum atomic E-state index is -1.89. The van der Waals surface area contributed by atoms with Gasteiger partial charge in [-0.3, -0.25) is 4.79 Å². The number of rotatable bonds is 5. The summed E-state index contributed by atoms with van der Waals surface area (Å²) in [5.41, 5.74) is 1.40. The van der Waals surface area contributed by atoms with Crippen molar-refractivity contribution in [3.63, 3.8) is 0 Å². The van der Waals surface area contributed by atoms with E-state index in [1.54, 1.807) is 6.92 Å². The highest BCUT2D eigenvalue weighted by Crippen LogP contribution is 2.62. The van der Waals surface area contributed by atoms with E-state index in [0.717, 1.165) is 44.9 Å². The molecule has 3 aliphatic carbocycles. The van der Waals surface area contributed by atoms with Gasteiger partial charge in [0.1, 0.15) is 6.10 Å². The summed E-state index contributed by atoms with van der Waals surface area (Å²) >= 11 is 0. The Morgan fingerprint density at radius 3 is 2.41 bits per heavy atom. The molecule has 0 radical (unpaired) electrons. The molecule has 184 valence electrons. The van der Waals surface area contributed by atoms with Crippen LogP contribution in [0, 0.1) is 28.6 Å². The van der Waals surface area contributed by atoms with Crippen LogP contribution in [-0.4, -0.2) is 38.2 Å². The lowest BCUT2D eigenvalue weighted by atomic mass is 9.52. The molecule has 3 aliphatic rings. The smallest absolute Gasteiger partial charge is 0.302 e. The van der Waals surface area contributed by atoms with Gasteiger partial charge >= 0.3 is 5.97 Å². The number of hydrogen-bond acceptors (Lipinski definition) is 4. The van der Waals surface area contributed by atoms with Gasteiger partial charge in [-0.05, 0) is 79.8 Å². The summed E-state index contributed by atoms with van der Waals surface area (Å²) in [6.07, 6.45) is 6.51. The molecule has 3 fully saturated rings. The Labute approximate surface area is 197 Å². The van der Waals surface area contributed by atoms with Crippen molar-refractivity contribution in [1.29, 1.82) is 0 Å². The zero-order valence-corrected chi connectivity index (χ0v) is 22.9. The molecule has 0 aromatic heterocycles. The van der Waals surface area contributed by atoms with Crippen LogP contribution in [0.25, 0.3) is 0 Å². The summed E-state index contributed by atoms with van der Waals surface area (Å²) in [5.74, 6) is 0.756. The molecule has 0 aromatic rings. The van der Waals surface area contributed by atoms with E-state index >= 15 is 0 Å². The van der Waals surface area contributed by atoms with Crippen molar-refractivity contribution in [3.8, 4) is 0 Å². The van der Waals surface area contributed by atoms with E-state index in [-0.39, 0.29) is 40.0 Å². The molecule has 0 bridgehead atoms. The van der Waals surface area contributed by atoms with Crippen LogP contribution in [-0.2, 0) is 14.0 Å². The minimum absolute atomic E-state index is 0.00698. The normalized spacial score (nSPS) is 40.8. The number of aliphatic hydroxyl groups excluding tert-OH is 1. The van der Waals surface area contributed by atoms with Gasteiger partial charge in [-0.1, -0.05) is 46.8 Å². The average molecular weight is 465 g/mol. The van der Waals surface area contributed by atoms with E-state index in [9.17, 15) is 9.90 Å². The number of esters is 1. The van der Waals surface area contributed by atoms with Gasteiger partial charge in [-0.25, -0.2) is 0 Å². The molecular weight excluding hydrogens is 416 g/mol. The molecule has 3 saturated carbocycles. The number of carbonyl (C=O) groups is 1. The van der Waals surface area contributed by atoms with Crippen molar-refractivity contribution in [1.82, 2.24) is 0 Å². The first-order valence-electron chi connectivity index (χ1n) is 12.8. The van der Waals surface area contributed by atoms with Crippen LogP contribution in [0.4, 0.5) is 0 Å². The van der Waals surface area contributed by atoms with E-state index < -0.39 is 8.32 Å². The third kappa shape index (κ3) is 4.63. The van der Waals surface area contributed by atoms with Crippen LogP contribution >= 0.6 is 0 Å². The molecule has 0 saturated heterocycles. The lowest BCUT2D eigenvalue weighted by Crippen LogP contribution is -2.55. The fourth-order valence-electron chi connectivity index (χ4n) is 6.72. The van der Waals surface area contributed by atoms with E-state index in [1.165, 1.54) is 5.57 Å². The maximum absolute atomic E-state index is 12.2. The first-order valence-corrected chi connectivity index (χ1v) is 15.7. The quantitative estimate of drug-likeness (QED) is 0.287. The van der Waals surface area contributed by atoms with Crippen molar-refractivity contribution in [2.45, 2.75) is 117 Å². The van der Waals surface area contributed by atoms with Crippen molar-refractivity contribution in [2.75, 3.05) is 6.61 Å². The van der Waals surface area contributed by atoms with E-state index in [1.807, 2.05) is 0 Å². The van der Waals surface area contributed by atoms with Crippen molar-refractivity contribution in [3.05, 3.63) is 12.2 Å². The molecule has 0 aliphatic heterocycles. The van der Waals surface area contributed by atoms with Gasteiger partial charge < -0.3 is 14.3 Å². The van der Waals surface area contributed by atoms with Gasteiger partial charge in [0.15, 0.2) is 8.32 Å². The second-order valence-electron chi connectivity index (χ2n) is 13.1. The fraction of sp³-hybridized carbons (Fsp3) is 0.889. The number of carbonyl (C=O) groups excluding carboxylic acids is 1. The third-order valence-electron chi connectivity index (χ3n) is 10.3. The first kappa shape index (κ1) is 26.0. The predicted molar refractivity (Wildman–Crippen MR) is 133 cm³/mol. The lowest BCUT2D eigenvalue weighted by Gasteiger charge is -2.56. The molecule has 0 aromatic carbocycles. The second-order valence-corrected chi connectivity index (χ2v) is 17.9. The standard InChI is InChI=1S/C27H48O4Si/c1-18-10-11-22-24(31-19(2)28)23(13-15-26(18,22)6)27(7)14-12-21(29)16-20(27)17-30-32(8,9)25(3,4)5/h20-24,29H,1,10-17H2,2-9H3/t20-,21+,22+,23+,24+,26-,27+/m1/s1.